The Balaban J connectivity index is 2.35. The van der Waals surface area contributed by atoms with Crippen LogP contribution in [0, 0.1) is 10.1 Å². The SMILES string of the molecule is CCCOCCOCc1ccc([N+](=O)[O-])c(N)c1. The Hall–Kier alpha value is -1.66. The molecule has 0 saturated carbocycles. The molecule has 0 spiro atoms. The minimum absolute atomic E-state index is 0.0787. The molecule has 0 aromatic heterocycles. The summed E-state index contributed by atoms with van der Waals surface area (Å²) in [6.07, 6.45) is 0.985. The fraction of sp³-hybridized carbons (Fsp3) is 0.500. The van der Waals surface area contributed by atoms with Crippen molar-refractivity contribution in [3.63, 3.8) is 0 Å². The monoisotopic (exact) mass is 254 g/mol. The fourth-order valence-corrected chi connectivity index (χ4v) is 1.41. The van der Waals surface area contributed by atoms with E-state index in [9.17, 15) is 10.1 Å². The van der Waals surface area contributed by atoms with E-state index in [0.29, 0.717) is 19.8 Å². The van der Waals surface area contributed by atoms with E-state index in [1.807, 2.05) is 6.92 Å². The van der Waals surface area contributed by atoms with Crippen molar-refractivity contribution in [2.24, 2.45) is 0 Å². The third-order valence-electron chi connectivity index (χ3n) is 2.28. The lowest BCUT2D eigenvalue weighted by Crippen LogP contribution is -2.05. The van der Waals surface area contributed by atoms with E-state index in [4.69, 9.17) is 15.2 Å². The number of nitrogens with two attached hydrogens (primary N) is 1. The summed E-state index contributed by atoms with van der Waals surface area (Å²) in [6.45, 7) is 4.19. The molecule has 0 fully saturated rings. The van der Waals surface area contributed by atoms with Gasteiger partial charge in [0.25, 0.3) is 5.69 Å². The molecular formula is C12H18N2O4. The number of nitrogen functional groups attached to an aromatic ring is 1. The van der Waals surface area contributed by atoms with Crippen LogP contribution in [0.5, 0.6) is 0 Å². The van der Waals surface area contributed by atoms with E-state index >= 15 is 0 Å². The van der Waals surface area contributed by atoms with Gasteiger partial charge < -0.3 is 15.2 Å². The molecule has 0 aliphatic carbocycles. The first-order chi connectivity index (χ1) is 8.65. The molecule has 0 amide bonds. The summed E-state index contributed by atoms with van der Waals surface area (Å²) in [5, 5.41) is 10.6. The molecule has 0 unspecified atom stereocenters. The van der Waals surface area contributed by atoms with Crippen molar-refractivity contribution in [1.82, 2.24) is 0 Å². The fourth-order valence-electron chi connectivity index (χ4n) is 1.41. The van der Waals surface area contributed by atoms with Crippen molar-refractivity contribution in [3.05, 3.63) is 33.9 Å². The quantitative estimate of drug-likeness (QED) is 0.332. The molecule has 1 aromatic carbocycles. The summed E-state index contributed by atoms with van der Waals surface area (Å²) in [5.41, 5.74) is 6.46. The molecule has 6 nitrogen and oxygen atoms in total. The zero-order valence-corrected chi connectivity index (χ0v) is 10.4. The number of hydrogen-bond acceptors (Lipinski definition) is 5. The van der Waals surface area contributed by atoms with Crippen LogP contribution >= 0.6 is 0 Å². The first kappa shape index (κ1) is 14.4. The zero-order chi connectivity index (χ0) is 13.4. The van der Waals surface area contributed by atoms with Crippen LogP contribution in [0.15, 0.2) is 18.2 Å². The Morgan fingerprint density at radius 1 is 1.28 bits per heavy atom. The molecule has 0 saturated heterocycles. The van der Waals surface area contributed by atoms with Gasteiger partial charge in [-0.05, 0) is 24.1 Å². The third-order valence-corrected chi connectivity index (χ3v) is 2.28. The van der Waals surface area contributed by atoms with Gasteiger partial charge in [0.1, 0.15) is 5.69 Å². The Morgan fingerprint density at radius 2 is 2.00 bits per heavy atom. The predicted molar refractivity (Wildman–Crippen MR) is 68.3 cm³/mol. The Labute approximate surface area is 106 Å². The molecule has 1 aromatic rings. The highest BCUT2D eigenvalue weighted by atomic mass is 16.6. The van der Waals surface area contributed by atoms with E-state index in [1.54, 1.807) is 12.1 Å². The molecule has 0 bridgehead atoms. The Morgan fingerprint density at radius 3 is 2.61 bits per heavy atom. The predicted octanol–water partition coefficient (Wildman–Crippen LogP) is 2.12. The summed E-state index contributed by atoms with van der Waals surface area (Å²) >= 11 is 0. The van der Waals surface area contributed by atoms with Crippen LogP contribution in [0.4, 0.5) is 11.4 Å². The Kier molecular flexibility index (Phi) is 6.10. The van der Waals surface area contributed by atoms with E-state index in [0.717, 1.165) is 18.6 Å². The van der Waals surface area contributed by atoms with Gasteiger partial charge in [-0.2, -0.15) is 0 Å². The number of benzene rings is 1. The van der Waals surface area contributed by atoms with Gasteiger partial charge in [-0.15, -0.1) is 0 Å². The third kappa shape index (κ3) is 4.68. The lowest BCUT2D eigenvalue weighted by molar-refractivity contribution is -0.383. The van der Waals surface area contributed by atoms with Crippen LogP contribution in [-0.2, 0) is 16.1 Å². The summed E-state index contributed by atoms with van der Waals surface area (Å²) in [5.74, 6) is 0. The van der Waals surface area contributed by atoms with Crippen molar-refractivity contribution in [1.29, 1.82) is 0 Å². The zero-order valence-electron chi connectivity index (χ0n) is 10.4. The summed E-state index contributed by atoms with van der Waals surface area (Å²) in [6, 6.07) is 4.59. The van der Waals surface area contributed by atoms with Crippen LogP contribution in [0.3, 0.4) is 0 Å². The van der Waals surface area contributed by atoms with Gasteiger partial charge >= 0.3 is 0 Å². The van der Waals surface area contributed by atoms with Crippen LogP contribution < -0.4 is 5.73 Å². The van der Waals surface area contributed by atoms with Gasteiger partial charge in [0.05, 0.1) is 24.7 Å². The maximum absolute atomic E-state index is 10.6. The molecule has 6 heteroatoms. The van der Waals surface area contributed by atoms with Crippen LogP contribution in [0.25, 0.3) is 0 Å². The maximum atomic E-state index is 10.6. The average Bonchev–Trinajstić information content (AvgIpc) is 2.33. The number of ether oxygens (including phenoxy) is 2. The molecule has 2 N–H and O–H groups in total. The minimum Gasteiger partial charge on any atom is -0.393 e. The molecule has 1 rings (SSSR count). The normalized spacial score (nSPS) is 10.5. The number of nitrogens with zero attached hydrogens (tertiary/aromatic N) is 1. The van der Waals surface area contributed by atoms with E-state index < -0.39 is 4.92 Å². The molecule has 0 heterocycles. The second-order valence-electron chi connectivity index (χ2n) is 3.82. The highest BCUT2D eigenvalue weighted by Gasteiger charge is 2.10. The van der Waals surface area contributed by atoms with Gasteiger partial charge in [-0.25, -0.2) is 0 Å². The second kappa shape index (κ2) is 7.62. The molecule has 100 valence electrons. The van der Waals surface area contributed by atoms with Crippen molar-refractivity contribution in [2.45, 2.75) is 20.0 Å². The maximum Gasteiger partial charge on any atom is 0.292 e. The van der Waals surface area contributed by atoms with E-state index in [2.05, 4.69) is 0 Å². The lowest BCUT2D eigenvalue weighted by atomic mass is 10.2. The Bertz CT molecular complexity index is 396. The molecule has 18 heavy (non-hydrogen) atoms. The van der Waals surface area contributed by atoms with Crippen LogP contribution in [0.2, 0.25) is 0 Å². The van der Waals surface area contributed by atoms with E-state index in [1.165, 1.54) is 6.07 Å². The van der Waals surface area contributed by atoms with Gasteiger partial charge in [-0.1, -0.05) is 6.92 Å². The van der Waals surface area contributed by atoms with Gasteiger partial charge in [-0.3, -0.25) is 10.1 Å². The largest absolute Gasteiger partial charge is 0.393 e. The average molecular weight is 254 g/mol. The molecule has 0 aliphatic heterocycles. The van der Waals surface area contributed by atoms with Gasteiger partial charge in [0.2, 0.25) is 0 Å². The van der Waals surface area contributed by atoms with Crippen molar-refractivity contribution >= 4 is 11.4 Å². The van der Waals surface area contributed by atoms with Crippen LogP contribution in [-0.4, -0.2) is 24.7 Å². The second-order valence-corrected chi connectivity index (χ2v) is 3.82. The molecule has 0 aliphatic rings. The highest BCUT2D eigenvalue weighted by Crippen LogP contribution is 2.22. The van der Waals surface area contributed by atoms with Crippen LogP contribution in [0.1, 0.15) is 18.9 Å². The van der Waals surface area contributed by atoms with E-state index in [-0.39, 0.29) is 11.4 Å². The highest BCUT2D eigenvalue weighted by molar-refractivity contribution is 5.59. The van der Waals surface area contributed by atoms with Gasteiger partial charge in [0.15, 0.2) is 0 Å². The minimum atomic E-state index is -0.501. The standard InChI is InChI=1S/C12H18N2O4/c1-2-5-17-6-7-18-9-10-3-4-12(14(15)16)11(13)8-10/h3-4,8H,2,5-7,9,13H2,1H3. The number of hydrogen-bond donors (Lipinski definition) is 1. The number of nitro groups is 1. The van der Waals surface area contributed by atoms with Gasteiger partial charge in [0, 0.05) is 12.7 Å². The molecular weight excluding hydrogens is 236 g/mol. The summed E-state index contributed by atoms with van der Waals surface area (Å²) in [7, 11) is 0. The number of nitro benzene ring substituents is 1. The lowest BCUT2D eigenvalue weighted by Gasteiger charge is -2.06. The molecule has 0 radical (unpaired) electrons. The first-order valence-corrected chi connectivity index (χ1v) is 5.83. The topological polar surface area (TPSA) is 87.6 Å². The molecule has 0 atom stereocenters. The van der Waals surface area contributed by atoms with Crippen molar-refractivity contribution in [2.75, 3.05) is 25.6 Å². The van der Waals surface area contributed by atoms with Crippen molar-refractivity contribution < 1.29 is 14.4 Å². The number of anilines is 1. The number of rotatable bonds is 8. The smallest absolute Gasteiger partial charge is 0.292 e. The van der Waals surface area contributed by atoms with Crippen molar-refractivity contribution in [3.8, 4) is 0 Å². The summed E-state index contributed by atoms with van der Waals surface area (Å²) < 4.78 is 10.6. The summed E-state index contributed by atoms with van der Waals surface area (Å²) in [4.78, 5) is 10.1. The first-order valence-electron chi connectivity index (χ1n) is 5.83.